The number of hydrogen-bond donors (Lipinski definition) is 1. The number of unbranched alkanes of at least 4 members (excludes halogenated alkanes) is 2. The van der Waals surface area contributed by atoms with Crippen LogP contribution in [0.3, 0.4) is 0 Å². The Bertz CT molecular complexity index is 1130. The zero-order chi connectivity index (χ0) is 23.8. The molecule has 0 aliphatic rings. The van der Waals surface area contributed by atoms with Crippen LogP contribution in [0.1, 0.15) is 38.3 Å². The summed E-state index contributed by atoms with van der Waals surface area (Å²) in [6.45, 7) is 3.57. The maximum absolute atomic E-state index is 12.5. The van der Waals surface area contributed by atoms with Crippen LogP contribution in [-0.2, 0) is 9.59 Å². The molecule has 1 amide bonds. The highest BCUT2D eigenvalue weighted by molar-refractivity contribution is 8.13. The maximum atomic E-state index is 12.5. The molecule has 2 aromatic carbocycles. The molecule has 7 heteroatoms. The third-order valence-corrected chi connectivity index (χ3v) is 6.28. The Hall–Kier alpha value is -3.06. The number of pyridine rings is 1. The van der Waals surface area contributed by atoms with Crippen molar-refractivity contribution in [2.24, 2.45) is 0 Å². The number of para-hydroxylation sites is 1. The summed E-state index contributed by atoms with van der Waals surface area (Å²) in [6, 6.07) is 15.9. The number of anilines is 3. The molecule has 0 saturated carbocycles. The minimum absolute atomic E-state index is 0.0440. The molecule has 3 aromatic rings. The van der Waals surface area contributed by atoms with Crippen LogP contribution in [0.2, 0.25) is 0 Å². The van der Waals surface area contributed by atoms with Gasteiger partial charge in [0.2, 0.25) is 5.91 Å². The van der Waals surface area contributed by atoms with Gasteiger partial charge in [-0.25, -0.2) is 0 Å². The lowest BCUT2D eigenvalue weighted by Gasteiger charge is -2.23. The first kappa shape index (κ1) is 24.6. The molecular weight excluding hydrogens is 434 g/mol. The molecule has 33 heavy (non-hydrogen) atoms. The van der Waals surface area contributed by atoms with Crippen LogP contribution in [-0.4, -0.2) is 35.9 Å². The summed E-state index contributed by atoms with van der Waals surface area (Å²) in [5.74, 6) is 1.38. The summed E-state index contributed by atoms with van der Waals surface area (Å²) in [6.07, 6.45) is 3.07. The Morgan fingerprint density at radius 3 is 2.64 bits per heavy atom. The van der Waals surface area contributed by atoms with Crippen LogP contribution >= 0.6 is 11.8 Å². The number of fused-ring (bicyclic) bond motifs is 1. The number of benzene rings is 2. The molecule has 0 saturated heterocycles. The fourth-order valence-corrected chi connectivity index (χ4v) is 4.33. The highest BCUT2D eigenvalue weighted by atomic mass is 32.2. The van der Waals surface area contributed by atoms with Gasteiger partial charge in [0.25, 0.3) is 0 Å². The molecule has 1 heterocycles. The molecule has 0 bridgehead atoms. The predicted molar refractivity (Wildman–Crippen MR) is 138 cm³/mol. The minimum Gasteiger partial charge on any atom is -0.495 e. The van der Waals surface area contributed by atoms with E-state index in [1.807, 2.05) is 50.4 Å². The van der Waals surface area contributed by atoms with Crippen LogP contribution in [0.4, 0.5) is 17.1 Å². The van der Waals surface area contributed by atoms with Crippen molar-refractivity contribution >= 4 is 50.7 Å². The van der Waals surface area contributed by atoms with Gasteiger partial charge >= 0.3 is 0 Å². The second-order valence-corrected chi connectivity index (χ2v) is 9.21. The van der Waals surface area contributed by atoms with Crippen LogP contribution in [0.5, 0.6) is 5.75 Å². The van der Waals surface area contributed by atoms with Crippen LogP contribution < -0.4 is 15.0 Å². The first-order valence-electron chi connectivity index (χ1n) is 11.1. The number of methoxy groups -OCH3 is 1. The Morgan fingerprint density at radius 1 is 1.09 bits per heavy atom. The molecule has 1 N–H and O–H groups in total. The average Bonchev–Trinajstić information content (AvgIpc) is 2.80. The number of ether oxygens (including phenoxy) is 1. The number of aryl methyl sites for hydroxylation is 1. The number of nitrogens with one attached hydrogen (secondary N) is 1. The van der Waals surface area contributed by atoms with Gasteiger partial charge in [-0.15, -0.1) is 0 Å². The Labute approximate surface area is 199 Å². The molecule has 3 rings (SSSR count). The molecule has 0 spiro atoms. The second-order valence-electron chi connectivity index (χ2n) is 7.94. The lowest BCUT2D eigenvalue weighted by Crippen LogP contribution is -2.14. The van der Waals surface area contributed by atoms with E-state index in [1.54, 1.807) is 14.0 Å². The average molecular weight is 466 g/mol. The van der Waals surface area contributed by atoms with Crippen molar-refractivity contribution in [1.82, 2.24) is 4.98 Å². The molecule has 0 fully saturated rings. The van der Waals surface area contributed by atoms with Gasteiger partial charge in [-0.1, -0.05) is 36.4 Å². The van der Waals surface area contributed by atoms with Crippen molar-refractivity contribution in [3.63, 3.8) is 0 Å². The van der Waals surface area contributed by atoms with Gasteiger partial charge in [-0.3, -0.25) is 14.6 Å². The summed E-state index contributed by atoms with van der Waals surface area (Å²) in [5.41, 5.74) is 4.52. The number of rotatable bonds is 10. The SMILES string of the molecule is COc1ccc(N(C)c2cc(C)nc3ccccc23)cc1NC(=O)CCCCCSC(C)=O. The lowest BCUT2D eigenvalue weighted by molar-refractivity contribution is -0.116. The number of aromatic nitrogens is 1. The molecule has 174 valence electrons. The van der Waals surface area contributed by atoms with Gasteiger partial charge in [0.15, 0.2) is 5.12 Å². The summed E-state index contributed by atoms with van der Waals surface area (Å²) >= 11 is 1.34. The molecular formula is C26H31N3O3S. The van der Waals surface area contributed by atoms with E-state index in [2.05, 4.69) is 27.3 Å². The smallest absolute Gasteiger partial charge is 0.224 e. The summed E-state index contributed by atoms with van der Waals surface area (Å²) in [7, 11) is 3.61. The van der Waals surface area contributed by atoms with E-state index in [9.17, 15) is 9.59 Å². The third kappa shape index (κ3) is 6.71. The lowest BCUT2D eigenvalue weighted by atomic mass is 10.1. The summed E-state index contributed by atoms with van der Waals surface area (Å²) < 4.78 is 5.48. The van der Waals surface area contributed by atoms with E-state index < -0.39 is 0 Å². The van der Waals surface area contributed by atoms with E-state index in [0.29, 0.717) is 17.9 Å². The van der Waals surface area contributed by atoms with Gasteiger partial charge in [-0.05, 0) is 50.1 Å². The van der Waals surface area contributed by atoms with E-state index >= 15 is 0 Å². The molecule has 0 aliphatic carbocycles. The largest absolute Gasteiger partial charge is 0.495 e. The predicted octanol–water partition coefficient (Wildman–Crippen LogP) is 6.10. The van der Waals surface area contributed by atoms with Crippen molar-refractivity contribution in [1.29, 1.82) is 0 Å². The summed E-state index contributed by atoms with van der Waals surface area (Å²) in [5, 5.41) is 4.21. The Morgan fingerprint density at radius 2 is 1.88 bits per heavy atom. The van der Waals surface area contributed by atoms with Crippen molar-refractivity contribution in [2.45, 2.75) is 39.5 Å². The number of carbonyl (C=O) groups is 2. The number of amides is 1. The van der Waals surface area contributed by atoms with Gasteiger partial charge in [-0.2, -0.15) is 0 Å². The van der Waals surface area contributed by atoms with Gasteiger partial charge in [0.05, 0.1) is 24.0 Å². The molecule has 0 atom stereocenters. The van der Waals surface area contributed by atoms with Crippen LogP contribution in [0.25, 0.3) is 10.9 Å². The standard InChI is InChI=1S/C26H31N3O3S/c1-18-16-24(21-10-7-8-11-22(21)27-18)29(3)20-13-14-25(32-4)23(17-20)28-26(31)12-6-5-9-15-33-19(2)30/h7-8,10-11,13-14,16-17H,5-6,9,12,15H2,1-4H3,(H,28,31). The Kier molecular flexibility index (Phi) is 8.72. The number of hydrogen-bond acceptors (Lipinski definition) is 6. The van der Waals surface area contributed by atoms with Crippen molar-refractivity contribution in [2.75, 3.05) is 30.1 Å². The van der Waals surface area contributed by atoms with Gasteiger partial charge < -0.3 is 15.0 Å². The molecule has 1 aromatic heterocycles. The highest BCUT2D eigenvalue weighted by Gasteiger charge is 2.14. The van der Waals surface area contributed by atoms with E-state index in [4.69, 9.17) is 4.74 Å². The normalized spacial score (nSPS) is 10.8. The second kappa shape index (κ2) is 11.7. The quantitative estimate of drug-likeness (QED) is 0.365. The zero-order valence-corrected chi connectivity index (χ0v) is 20.5. The van der Waals surface area contributed by atoms with E-state index in [-0.39, 0.29) is 11.0 Å². The van der Waals surface area contributed by atoms with Gasteiger partial charge in [0.1, 0.15) is 5.75 Å². The number of carbonyl (C=O) groups excluding carboxylic acids is 2. The van der Waals surface area contributed by atoms with E-state index in [1.165, 1.54) is 11.8 Å². The first-order valence-corrected chi connectivity index (χ1v) is 12.1. The fraction of sp³-hybridized carbons (Fsp3) is 0.346. The first-order chi connectivity index (χ1) is 15.9. The maximum Gasteiger partial charge on any atom is 0.224 e. The van der Waals surface area contributed by atoms with E-state index in [0.717, 1.165) is 53.0 Å². The molecule has 0 unspecified atom stereocenters. The molecule has 6 nitrogen and oxygen atoms in total. The molecule has 0 aliphatic heterocycles. The van der Waals surface area contributed by atoms with Crippen LogP contribution in [0.15, 0.2) is 48.5 Å². The molecule has 0 radical (unpaired) electrons. The number of thioether (sulfide) groups is 1. The monoisotopic (exact) mass is 465 g/mol. The van der Waals surface area contributed by atoms with Crippen LogP contribution in [0, 0.1) is 6.92 Å². The summed E-state index contributed by atoms with van der Waals surface area (Å²) in [4.78, 5) is 30.2. The Balaban J connectivity index is 1.72. The zero-order valence-electron chi connectivity index (χ0n) is 19.7. The van der Waals surface area contributed by atoms with Crippen molar-refractivity contribution < 1.29 is 14.3 Å². The van der Waals surface area contributed by atoms with Crippen molar-refractivity contribution in [3.05, 3.63) is 54.2 Å². The minimum atomic E-state index is -0.0440. The fourth-order valence-electron chi connectivity index (χ4n) is 3.70. The topological polar surface area (TPSA) is 71.5 Å². The number of nitrogens with zero attached hydrogens (tertiary/aromatic N) is 2. The van der Waals surface area contributed by atoms with Crippen molar-refractivity contribution in [3.8, 4) is 5.75 Å². The highest BCUT2D eigenvalue weighted by Crippen LogP contribution is 2.35. The third-order valence-electron chi connectivity index (χ3n) is 5.38. The van der Waals surface area contributed by atoms with Gasteiger partial charge in [0, 0.05) is 42.9 Å².